The zero-order chi connectivity index (χ0) is 20.6. The Kier molecular flexibility index (Phi) is 10.6. The van der Waals surface area contributed by atoms with Gasteiger partial charge < -0.3 is 10.6 Å². The van der Waals surface area contributed by atoms with Crippen LogP contribution >= 0.6 is 24.0 Å². The van der Waals surface area contributed by atoms with E-state index in [0.717, 1.165) is 16.7 Å². The van der Waals surface area contributed by atoms with E-state index >= 15 is 0 Å². The molecule has 160 valence electrons. The highest BCUT2D eigenvalue weighted by atomic mass is 127. The lowest BCUT2D eigenvalue weighted by Crippen LogP contribution is -2.38. The molecule has 1 unspecified atom stereocenters. The molecule has 0 saturated carbocycles. The number of hydrogen-bond donors (Lipinski definition) is 3. The largest absolute Gasteiger partial charge is 0.352 e. The molecule has 2 aromatic rings. The van der Waals surface area contributed by atoms with Gasteiger partial charge in [-0.3, -0.25) is 4.99 Å². The van der Waals surface area contributed by atoms with E-state index in [0.29, 0.717) is 12.5 Å². The predicted molar refractivity (Wildman–Crippen MR) is 131 cm³/mol. The molecule has 0 fully saturated rings. The fourth-order valence-electron chi connectivity index (χ4n) is 2.88. The van der Waals surface area contributed by atoms with Gasteiger partial charge >= 0.3 is 0 Å². The topological polar surface area (TPSA) is 82.6 Å². The summed E-state index contributed by atoms with van der Waals surface area (Å²) in [7, 11) is -1.66. The Bertz CT molecular complexity index is 887. The number of nitrogens with zero attached hydrogens (tertiary/aromatic N) is 1. The van der Waals surface area contributed by atoms with Gasteiger partial charge in [-0.2, -0.15) is 0 Å². The Hall–Kier alpha value is -1.65. The third-order valence-electron chi connectivity index (χ3n) is 4.20. The van der Waals surface area contributed by atoms with Gasteiger partial charge in [0.2, 0.25) is 10.0 Å². The number of benzene rings is 2. The molecular weight excluding hydrogens is 499 g/mol. The summed E-state index contributed by atoms with van der Waals surface area (Å²) in [5.74, 6) is 0.615. The minimum atomic E-state index is -3.38. The maximum absolute atomic E-state index is 12.3. The molecule has 0 radical (unpaired) electrons. The van der Waals surface area contributed by atoms with Crippen LogP contribution < -0.4 is 15.4 Å². The van der Waals surface area contributed by atoms with Crippen LogP contribution in [0.5, 0.6) is 0 Å². The van der Waals surface area contributed by atoms with E-state index in [1.807, 2.05) is 56.3 Å². The van der Waals surface area contributed by atoms with Gasteiger partial charge in [-0.1, -0.05) is 54.6 Å². The molecule has 0 aliphatic carbocycles. The second kappa shape index (κ2) is 12.1. The van der Waals surface area contributed by atoms with Crippen molar-refractivity contribution in [1.29, 1.82) is 0 Å². The molecule has 0 heterocycles. The summed E-state index contributed by atoms with van der Waals surface area (Å²) in [6.07, 6.45) is 0. The van der Waals surface area contributed by atoms with Crippen LogP contribution in [0.3, 0.4) is 0 Å². The number of rotatable bonds is 8. The van der Waals surface area contributed by atoms with Crippen molar-refractivity contribution in [2.75, 3.05) is 7.05 Å². The van der Waals surface area contributed by atoms with Gasteiger partial charge in [0.1, 0.15) is 0 Å². The SMILES string of the molecule is CN=C(NCc1ccccc1CS(=O)(=O)NC(C)C)NC(C)c1ccccc1.I. The Labute approximate surface area is 191 Å². The third-order valence-corrected chi connectivity index (χ3v) is 5.72. The lowest BCUT2D eigenvalue weighted by molar-refractivity contribution is 0.568. The van der Waals surface area contributed by atoms with Crippen molar-refractivity contribution in [1.82, 2.24) is 15.4 Å². The van der Waals surface area contributed by atoms with Crippen molar-refractivity contribution < 1.29 is 8.42 Å². The van der Waals surface area contributed by atoms with Crippen molar-refractivity contribution in [2.24, 2.45) is 4.99 Å². The second-order valence-electron chi connectivity index (χ2n) is 7.00. The second-order valence-corrected chi connectivity index (χ2v) is 8.76. The van der Waals surface area contributed by atoms with Crippen LogP contribution in [-0.2, 0) is 22.3 Å². The van der Waals surface area contributed by atoms with E-state index < -0.39 is 10.0 Å². The van der Waals surface area contributed by atoms with Gasteiger partial charge in [0.05, 0.1) is 11.8 Å². The summed E-state index contributed by atoms with van der Waals surface area (Å²) < 4.78 is 27.2. The van der Waals surface area contributed by atoms with Gasteiger partial charge in [-0.05, 0) is 37.5 Å². The van der Waals surface area contributed by atoms with Crippen LogP contribution in [0.2, 0.25) is 0 Å². The van der Waals surface area contributed by atoms with Gasteiger partial charge in [0, 0.05) is 19.6 Å². The summed E-state index contributed by atoms with van der Waals surface area (Å²) >= 11 is 0. The van der Waals surface area contributed by atoms with Gasteiger partial charge in [0.25, 0.3) is 0 Å². The van der Waals surface area contributed by atoms with E-state index in [1.165, 1.54) is 0 Å². The van der Waals surface area contributed by atoms with Crippen LogP contribution in [-0.4, -0.2) is 27.5 Å². The highest BCUT2D eigenvalue weighted by molar-refractivity contribution is 14.0. The lowest BCUT2D eigenvalue weighted by atomic mass is 10.1. The standard InChI is InChI=1S/C21H30N4O2S.HI/c1-16(2)25-28(26,27)15-20-13-9-8-12-19(20)14-23-21(22-4)24-17(3)18-10-6-5-7-11-18;/h5-13,16-17,25H,14-15H2,1-4H3,(H2,22,23,24);1H. The van der Waals surface area contributed by atoms with E-state index in [1.54, 1.807) is 7.05 Å². The molecule has 8 heteroatoms. The Balaban J connectivity index is 0.00000420. The average molecular weight is 530 g/mol. The third kappa shape index (κ3) is 8.71. The van der Waals surface area contributed by atoms with Crippen LogP contribution in [0.25, 0.3) is 0 Å². The first-order chi connectivity index (χ1) is 13.3. The maximum Gasteiger partial charge on any atom is 0.216 e. The van der Waals surface area contributed by atoms with Crippen LogP contribution in [0.4, 0.5) is 0 Å². The molecule has 1 atom stereocenters. The highest BCUT2D eigenvalue weighted by Gasteiger charge is 2.15. The summed E-state index contributed by atoms with van der Waals surface area (Å²) in [5, 5.41) is 6.63. The van der Waals surface area contributed by atoms with E-state index in [9.17, 15) is 8.42 Å². The fraction of sp³-hybridized carbons (Fsp3) is 0.381. The molecule has 0 amide bonds. The van der Waals surface area contributed by atoms with Crippen molar-refractivity contribution in [2.45, 2.75) is 45.2 Å². The van der Waals surface area contributed by atoms with E-state index in [2.05, 4.69) is 39.4 Å². The van der Waals surface area contributed by atoms with Crippen LogP contribution in [0, 0.1) is 0 Å². The molecule has 0 aromatic heterocycles. The molecule has 0 saturated heterocycles. The summed E-state index contributed by atoms with van der Waals surface area (Å²) in [4.78, 5) is 4.28. The van der Waals surface area contributed by atoms with Crippen molar-refractivity contribution in [3.8, 4) is 0 Å². The summed E-state index contributed by atoms with van der Waals surface area (Å²) in [6, 6.07) is 17.6. The number of halogens is 1. The Morgan fingerprint density at radius 3 is 2.14 bits per heavy atom. The Morgan fingerprint density at radius 2 is 1.55 bits per heavy atom. The molecule has 2 aromatic carbocycles. The molecule has 3 N–H and O–H groups in total. The number of hydrogen-bond acceptors (Lipinski definition) is 3. The first-order valence-electron chi connectivity index (χ1n) is 9.39. The molecular formula is C21H31IN4O2S. The van der Waals surface area contributed by atoms with Crippen molar-refractivity contribution in [3.63, 3.8) is 0 Å². The van der Waals surface area contributed by atoms with Gasteiger partial charge in [0.15, 0.2) is 5.96 Å². The number of aliphatic imine (C=N–C) groups is 1. The van der Waals surface area contributed by atoms with Crippen LogP contribution in [0.15, 0.2) is 59.6 Å². The van der Waals surface area contributed by atoms with Gasteiger partial charge in [-0.15, -0.1) is 24.0 Å². The molecule has 6 nitrogen and oxygen atoms in total. The molecule has 29 heavy (non-hydrogen) atoms. The summed E-state index contributed by atoms with van der Waals surface area (Å²) in [5.41, 5.74) is 2.86. The number of sulfonamides is 1. The zero-order valence-corrected chi connectivity index (χ0v) is 20.5. The first kappa shape index (κ1) is 25.4. The predicted octanol–water partition coefficient (Wildman–Crippen LogP) is 3.56. The van der Waals surface area contributed by atoms with Gasteiger partial charge in [-0.25, -0.2) is 13.1 Å². The molecule has 2 rings (SSSR count). The molecule has 0 aliphatic rings. The maximum atomic E-state index is 12.3. The van der Waals surface area contributed by atoms with Crippen LogP contribution in [0.1, 0.15) is 43.5 Å². The average Bonchev–Trinajstić information content (AvgIpc) is 2.65. The smallest absolute Gasteiger partial charge is 0.216 e. The van der Waals surface area contributed by atoms with Crippen molar-refractivity contribution in [3.05, 3.63) is 71.3 Å². The lowest BCUT2D eigenvalue weighted by Gasteiger charge is -2.19. The van der Waals surface area contributed by atoms with Crippen molar-refractivity contribution >= 4 is 40.0 Å². The van der Waals surface area contributed by atoms with E-state index in [-0.39, 0.29) is 41.8 Å². The molecule has 0 spiro atoms. The quantitative estimate of drug-likeness (QED) is 0.277. The van der Waals surface area contributed by atoms with E-state index in [4.69, 9.17) is 0 Å². The molecule has 0 aliphatic heterocycles. The number of guanidine groups is 1. The highest BCUT2D eigenvalue weighted by Crippen LogP contribution is 2.13. The number of nitrogens with one attached hydrogen (secondary N) is 3. The fourth-order valence-corrected chi connectivity index (χ4v) is 4.37. The monoisotopic (exact) mass is 530 g/mol. The zero-order valence-electron chi connectivity index (χ0n) is 17.3. The normalized spacial score (nSPS) is 12.9. The first-order valence-corrected chi connectivity index (χ1v) is 11.0. The summed E-state index contributed by atoms with van der Waals surface area (Å²) in [6.45, 7) is 6.18. The minimum absolute atomic E-state index is 0. The minimum Gasteiger partial charge on any atom is -0.352 e. The Morgan fingerprint density at radius 1 is 0.966 bits per heavy atom. The molecule has 0 bridgehead atoms.